The smallest absolute Gasteiger partial charge is 0.309 e. The van der Waals surface area contributed by atoms with Crippen molar-refractivity contribution in [1.82, 2.24) is 0 Å². The van der Waals surface area contributed by atoms with Gasteiger partial charge < -0.3 is 14.2 Å². The highest BCUT2D eigenvalue weighted by Crippen LogP contribution is 2.31. The molecule has 1 rings (SSSR count). The zero-order valence-corrected chi connectivity index (χ0v) is 11.8. The molecule has 0 N–H and O–H groups in total. The van der Waals surface area contributed by atoms with Crippen LogP contribution in [0.25, 0.3) is 6.08 Å². The number of hydrogen-bond acceptors (Lipinski definition) is 5. The average Bonchev–Trinajstić information content (AvgIpc) is 2.47. The molecule has 0 atom stereocenters. The highest BCUT2D eigenvalue weighted by Gasteiger charge is 2.10. The van der Waals surface area contributed by atoms with Crippen LogP contribution in [0.3, 0.4) is 0 Å². The number of ether oxygens (including phenoxy) is 3. The molecule has 0 bridgehead atoms. The van der Waals surface area contributed by atoms with Crippen LogP contribution in [-0.4, -0.2) is 33.1 Å². The van der Waals surface area contributed by atoms with Crippen LogP contribution in [0.5, 0.6) is 11.5 Å². The molecule has 0 saturated carbocycles. The van der Waals surface area contributed by atoms with Gasteiger partial charge in [-0.25, -0.2) is 0 Å². The summed E-state index contributed by atoms with van der Waals surface area (Å²) >= 11 is 0. The maximum atomic E-state index is 11.3. The summed E-state index contributed by atoms with van der Waals surface area (Å²) in [4.78, 5) is 22.1. The summed E-state index contributed by atoms with van der Waals surface area (Å²) in [5.41, 5.74) is 1.13. The third-order valence-corrected chi connectivity index (χ3v) is 2.58. The lowest BCUT2D eigenvalue weighted by Gasteiger charge is -2.11. The van der Waals surface area contributed by atoms with E-state index < -0.39 is 0 Å². The van der Waals surface area contributed by atoms with Gasteiger partial charge in [0.15, 0.2) is 0 Å². The van der Waals surface area contributed by atoms with Crippen LogP contribution in [0.1, 0.15) is 29.3 Å². The molecule has 0 aromatic heterocycles. The highest BCUT2D eigenvalue weighted by molar-refractivity contribution is 5.80. The van der Waals surface area contributed by atoms with Gasteiger partial charge in [-0.15, -0.1) is 0 Å². The van der Waals surface area contributed by atoms with Crippen LogP contribution in [0.4, 0.5) is 0 Å². The molecule has 0 unspecified atom stereocenters. The molecule has 20 heavy (non-hydrogen) atoms. The van der Waals surface area contributed by atoms with Crippen molar-refractivity contribution < 1.29 is 23.8 Å². The third-order valence-electron chi connectivity index (χ3n) is 2.58. The van der Waals surface area contributed by atoms with Crippen molar-refractivity contribution in [2.75, 3.05) is 20.8 Å². The van der Waals surface area contributed by atoms with Gasteiger partial charge in [0.05, 0.1) is 32.8 Å². The first kappa shape index (κ1) is 15.8. The van der Waals surface area contributed by atoms with Crippen molar-refractivity contribution in [2.24, 2.45) is 0 Å². The molecular weight excluding hydrogens is 260 g/mol. The summed E-state index contributed by atoms with van der Waals surface area (Å²) < 4.78 is 15.3. The van der Waals surface area contributed by atoms with E-state index in [9.17, 15) is 9.59 Å². The first-order valence-electron chi connectivity index (χ1n) is 6.19. The maximum absolute atomic E-state index is 11.3. The minimum absolute atomic E-state index is 0.162. The molecule has 5 heteroatoms. The Morgan fingerprint density at radius 1 is 1.20 bits per heavy atom. The second-order valence-corrected chi connectivity index (χ2v) is 3.87. The lowest BCUT2D eigenvalue weighted by atomic mass is 10.1. The first-order chi connectivity index (χ1) is 9.65. The lowest BCUT2D eigenvalue weighted by molar-refractivity contribution is -0.142. The average molecular weight is 278 g/mol. The monoisotopic (exact) mass is 278 g/mol. The quantitative estimate of drug-likeness (QED) is 0.566. The molecule has 5 nitrogen and oxygen atoms in total. The lowest BCUT2D eigenvalue weighted by Crippen LogP contribution is -2.01. The van der Waals surface area contributed by atoms with Crippen molar-refractivity contribution in [3.8, 4) is 11.5 Å². The summed E-state index contributed by atoms with van der Waals surface area (Å²) in [6.45, 7) is 2.11. The van der Waals surface area contributed by atoms with E-state index in [0.717, 1.165) is 6.29 Å². The second kappa shape index (κ2) is 7.99. The van der Waals surface area contributed by atoms with Gasteiger partial charge >= 0.3 is 5.97 Å². The Labute approximate surface area is 118 Å². The maximum Gasteiger partial charge on any atom is 0.309 e. The summed E-state index contributed by atoms with van der Waals surface area (Å²) in [5.74, 6) is 0.712. The van der Waals surface area contributed by atoms with Gasteiger partial charge in [0.25, 0.3) is 0 Å². The predicted octanol–water partition coefficient (Wildman–Crippen LogP) is 2.48. The minimum atomic E-state index is -0.300. The van der Waals surface area contributed by atoms with Crippen molar-refractivity contribution in [3.63, 3.8) is 0 Å². The van der Waals surface area contributed by atoms with Crippen LogP contribution < -0.4 is 9.47 Å². The standard InChI is InChI=1S/C15H18O5/c1-4-20-15(17)7-5-6-12-13(18-2)8-11(10-16)9-14(12)19-3/h5-6,8-10H,4,7H2,1-3H3. The molecule has 0 heterocycles. The summed E-state index contributed by atoms with van der Waals surface area (Å²) in [7, 11) is 3.01. The normalized spacial score (nSPS) is 10.3. The Kier molecular flexibility index (Phi) is 6.29. The van der Waals surface area contributed by atoms with Crippen LogP contribution in [0, 0.1) is 0 Å². The SMILES string of the molecule is CCOC(=O)CC=Cc1c(OC)cc(C=O)cc1OC. The Morgan fingerprint density at radius 2 is 1.80 bits per heavy atom. The Bertz CT molecular complexity index is 480. The number of carbonyl (C=O) groups is 2. The molecule has 0 amide bonds. The molecule has 0 spiro atoms. The van der Waals surface area contributed by atoms with E-state index in [2.05, 4.69) is 0 Å². The molecule has 0 fully saturated rings. The number of aldehydes is 1. The second-order valence-electron chi connectivity index (χ2n) is 3.87. The van der Waals surface area contributed by atoms with Crippen molar-refractivity contribution in [3.05, 3.63) is 29.3 Å². The van der Waals surface area contributed by atoms with Gasteiger partial charge in [-0.3, -0.25) is 9.59 Å². The van der Waals surface area contributed by atoms with E-state index in [0.29, 0.717) is 29.2 Å². The number of benzene rings is 1. The van der Waals surface area contributed by atoms with Gasteiger partial charge in [0.2, 0.25) is 0 Å². The molecule has 108 valence electrons. The van der Waals surface area contributed by atoms with Crippen molar-refractivity contribution >= 4 is 18.3 Å². The van der Waals surface area contributed by atoms with E-state index in [4.69, 9.17) is 14.2 Å². The zero-order chi connectivity index (χ0) is 15.0. The number of hydrogen-bond donors (Lipinski definition) is 0. The van der Waals surface area contributed by atoms with Gasteiger partial charge in [-0.1, -0.05) is 12.2 Å². The molecule has 0 saturated heterocycles. The van der Waals surface area contributed by atoms with Gasteiger partial charge in [0.1, 0.15) is 17.8 Å². The summed E-state index contributed by atoms with van der Waals surface area (Å²) in [6, 6.07) is 3.22. The van der Waals surface area contributed by atoms with E-state index >= 15 is 0 Å². The number of methoxy groups -OCH3 is 2. The van der Waals surface area contributed by atoms with E-state index in [1.807, 2.05) is 0 Å². The Balaban J connectivity index is 3.00. The van der Waals surface area contributed by atoms with Crippen LogP contribution in [0.15, 0.2) is 18.2 Å². The van der Waals surface area contributed by atoms with Crippen LogP contribution in [0.2, 0.25) is 0 Å². The van der Waals surface area contributed by atoms with E-state index in [1.165, 1.54) is 14.2 Å². The van der Waals surface area contributed by atoms with Gasteiger partial charge in [-0.2, -0.15) is 0 Å². The Hall–Kier alpha value is -2.30. The number of carbonyl (C=O) groups excluding carboxylic acids is 2. The van der Waals surface area contributed by atoms with Crippen molar-refractivity contribution in [1.29, 1.82) is 0 Å². The van der Waals surface area contributed by atoms with Crippen molar-refractivity contribution in [2.45, 2.75) is 13.3 Å². The van der Waals surface area contributed by atoms with E-state index in [1.54, 1.807) is 31.2 Å². The fourth-order valence-electron chi connectivity index (χ4n) is 1.68. The molecule has 0 radical (unpaired) electrons. The minimum Gasteiger partial charge on any atom is -0.496 e. The predicted molar refractivity (Wildman–Crippen MR) is 75.2 cm³/mol. The summed E-state index contributed by atoms with van der Waals surface area (Å²) in [6.07, 6.45) is 4.26. The molecule has 1 aromatic rings. The number of rotatable bonds is 7. The van der Waals surface area contributed by atoms with E-state index in [-0.39, 0.29) is 12.4 Å². The van der Waals surface area contributed by atoms with Gasteiger partial charge in [-0.05, 0) is 19.1 Å². The topological polar surface area (TPSA) is 61.8 Å². The summed E-state index contributed by atoms with van der Waals surface area (Å²) in [5, 5.41) is 0. The molecule has 0 aliphatic carbocycles. The fourth-order valence-corrected chi connectivity index (χ4v) is 1.68. The molecule has 0 aliphatic heterocycles. The fraction of sp³-hybridized carbons (Fsp3) is 0.333. The molecular formula is C15H18O5. The third kappa shape index (κ3) is 4.12. The zero-order valence-electron chi connectivity index (χ0n) is 11.8. The number of esters is 1. The first-order valence-corrected chi connectivity index (χ1v) is 6.19. The van der Waals surface area contributed by atoms with Crippen LogP contribution >= 0.6 is 0 Å². The van der Waals surface area contributed by atoms with Gasteiger partial charge in [0, 0.05) is 5.56 Å². The van der Waals surface area contributed by atoms with Crippen LogP contribution in [-0.2, 0) is 9.53 Å². The largest absolute Gasteiger partial charge is 0.496 e. The highest BCUT2D eigenvalue weighted by atomic mass is 16.5. The Morgan fingerprint density at radius 3 is 2.25 bits per heavy atom. The molecule has 1 aromatic carbocycles. The molecule has 0 aliphatic rings.